The lowest BCUT2D eigenvalue weighted by molar-refractivity contribution is -0.136. The van der Waals surface area contributed by atoms with Crippen LogP contribution in [0.25, 0.3) is 22.1 Å². The molecule has 0 aliphatic carbocycles. The van der Waals surface area contributed by atoms with Crippen molar-refractivity contribution in [1.82, 2.24) is 4.98 Å². The standard InChI is InChI=1S/C27H25FN2O6/c1-15(31)17-3-4-18(11-25(32)33)24(10-17)35-13-16-7-19-9-20(14-34-2)36-27(19)22(8-16)21-5-6-30-23(12-29)26(21)28/h3-10H,11-14,29H2,1-2H3,(H,32,33). The number of methoxy groups -OCH3 is 1. The molecule has 0 spiro atoms. The number of rotatable bonds is 10. The molecule has 2 heterocycles. The van der Waals surface area contributed by atoms with E-state index < -0.39 is 11.8 Å². The third-order valence-electron chi connectivity index (χ3n) is 5.67. The number of carboxylic acids is 1. The molecular weight excluding hydrogens is 467 g/mol. The molecule has 0 atom stereocenters. The maximum absolute atomic E-state index is 15.2. The number of benzene rings is 2. The number of aliphatic carboxylic acids is 1. The van der Waals surface area contributed by atoms with E-state index in [9.17, 15) is 14.7 Å². The van der Waals surface area contributed by atoms with Gasteiger partial charge in [0.2, 0.25) is 0 Å². The van der Waals surface area contributed by atoms with Crippen molar-refractivity contribution in [2.45, 2.75) is 33.1 Å². The Morgan fingerprint density at radius 2 is 1.92 bits per heavy atom. The van der Waals surface area contributed by atoms with E-state index in [0.29, 0.717) is 44.7 Å². The van der Waals surface area contributed by atoms with Crippen molar-refractivity contribution in [3.63, 3.8) is 0 Å². The highest BCUT2D eigenvalue weighted by molar-refractivity contribution is 5.95. The van der Waals surface area contributed by atoms with Gasteiger partial charge in [0, 0.05) is 47.5 Å². The molecule has 4 aromatic rings. The highest BCUT2D eigenvalue weighted by Gasteiger charge is 2.18. The number of carboxylic acid groups (broad SMARTS) is 1. The molecule has 0 aliphatic rings. The molecular formula is C27H25FN2O6. The minimum absolute atomic E-state index is 0.0398. The molecule has 4 rings (SSSR count). The molecule has 0 unspecified atom stereocenters. The van der Waals surface area contributed by atoms with Crippen LogP contribution in [0.4, 0.5) is 4.39 Å². The normalized spacial score (nSPS) is 11.1. The second kappa shape index (κ2) is 10.7. The predicted octanol–water partition coefficient (Wildman–Crippen LogP) is 4.65. The van der Waals surface area contributed by atoms with Gasteiger partial charge in [0.25, 0.3) is 0 Å². The number of hydrogen-bond donors (Lipinski definition) is 2. The number of ether oxygens (including phenoxy) is 2. The topological polar surface area (TPSA) is 125 Å². The van der Waals surface area contributed by atoms with Gasteiger partial charge < -0.3 is 24.7 Å². The number of hydrogen-bond acceptors (Lipinski definition) is 7. The Balaban J connectivity index is 1.77. The quantitative estimate of drug-likeness (QED) is 0.307. The van der Waals surface area contributed by atoms with Gasteiger partial charge in [0.1, 0.15) is 30.3 Å². The fraction of sp³-hybridized carbons (Fsp3) is 0.222. The fourth-order valence-electron chi connectivity index (χ4n) is 3.98. The second-order valence-corrected chi connectivity index (χ2v) is 8.27. The maximum Gasteiger partial charge on any atom is 0.307 e. The molecule has 0 amide bonds. The lowest BCUT2D eigenvalue weighted by atomic mass is 10.00. The Labute approximate surface area is 206 Å². The first-order valence-electron chi connectivity index (χ1n) is 11.2. The molecule has 8 nitrogen and oxygen atoms in total. The van der Waals surface area contributed by atoms with Gasteiger partial charge in [-0.15, -0.1) is 0 Å². The molecule has 0 fully saturated rings. The Morgan fingerprint density at radius 3 is 2.61 bits per heavy atom. The summed E-state index contributed by atoms with van der Waals surface area (Å²) in [5.74, 6) is -0.870. The zero-order valence-electron chi connectivity index (χ0n) is 19.8. The monoisotopic (exact) mass is 492 g/mol. The maximum atomic E-state index is 15.2. The number of furan rings is 1. The van der Waals surface area contributed by atoms with Crippen molar-refractivity contribution in [3.8, 4) is 16.9 Å². The summed E-state index contributed by atoms with van der Waals surface area (Å²) in [6, 6.07) is 11.6. The van der Waals surface area contributed by atoms with Crippen molar-refractivity contribution in [3.05, 3.63) is 82.6 Å². The SMILES string of the molecule is COCc1cc2cc(COc3cc(C(C)=O)ccc3CC(=O)O)cc(-c3ccnc(CN)c3F)c2o1. The van der Waals surface area contributed by atoms with Crippen molar-refractivity contribution >= 4 is 22.7 Å². The summed E-state index contributed by atoms with van der Waals surface area (Å²) in [6.45, 7) is 1.64. The third-order valence-corrected chi connectivity index (χ3v) is 5.67. The lowest BCUT2D eigenvalue weighted by Crippen LogP contribution is -2.06. The first-order valence-corrected chi connectivity index (χ1v) is 11.2. The van der Waals surface area contributed by atoms with E-state index in [2.05, 4.69) is 4.98 Å². The number of carbonyl (C=O) groups is 2. The zero-order valence-corrected chi connectivity index (χ0v) is 19.8. The molecule has 0 radical (unpaired) electrons. The first-order chi connectivity index (χ1) is 17.3. The van der Waals surface area contributed by atoms with Gasteiger partial charge in [0.05, 0.1) is 12.1 Å². The van der Waals surface area contributed by atoms with E-state index in [4.69, 9.17) is 19.6 Å². The number of Topliss-reactive ketones (excluding diaryl/α,β-unsaturated/α-hetero) is 1. The van der Waals surface area contributed by atoms with E-state index in [0.717, 1.165) is 0 Å². The minimum Gasteiger partial charge on any atom is -0.489 e. The number of fused-ring (bicyclic) bond motifs is 1. The van der Waals surface area contributed by atoms with E-state index in [1.54, 1.807) is 37.4 Å². The molecule has 36 heavy (non-hydrogen) atoms. The summed E-state index contributed by atoms with van der Waals surface area (Å²) in [5.41, 5.74) is 8.55. The summed E-state index contributed by atoms with van der Waals surface area (Å²) in [5, 5.41) is 9.97. The van der Waals surface area contributed by atoms with Gasteiger partial charge in [0.15, 0.2) is 11.6 Å². The van der Waals surface area contributed by atoms with Crippen LogP contribution in [0.3, 0.4) is 0 Å². The summed E-state index contributed by atoms with van der Waals surface area (Å²) in [6.07, 6.45) is 1.23. The van der Waals surface area contributed by atoms with Crippen LogP contribution in [0.15, 0.2) is 53.1 Å². The summed E-state index contributed by atoms with van der Waals surface area (Å²) in [4.78, 5) is 27.2. The average molecular weight is 493 g/mol. The van der Waals surface area contributed by atoms with E-state index in [-0.39, 0.29) is 43.2 Å². The number of carbonyl (C=O) groups excluding carboxylic acids is 1. The van der Waals surface area contributed by atoms with Gasteiger partial charge in [-0.1, -0.05) is 12.1 Å². The number of nitrogens with zero attached hydrogens (tertiary/aromatic N) is 1. The van der Waals surface area contributed by atoms with Gasteiger partial charge >= 0.3 is 5.97 Å². The molecule has 3 N–H and O–H groups in total. The summed E-state index contributed by atoms with van der Waals surface area (Å²) >= 11 is 0. The number of nitrogens with two attached hydrogens (primary N) is 1. The Hall–Kier alpha value is -4.08. The van der Waals surface area contributed by atoms with E-state index >= 15 is 4.39 Å². The second-order valence-electron chi connectivity index (χ2n) is 8.27. The Bertz CT molecular complexity index is 1450. The van der Waals surface area contributed by atoms with Crippen LogP contribution in [0, 0.1) is 5.82 Å². The number of pyridine rings is 1. The molecule has 186 valence electrons. The molecule has 0 aliphatic heterocycles. The highest BCUT2D eigenvalue weighted by atomic mass is 19.1. The molecule has 9 heteroatoms. The van der Waals surface area contributed by atoms with Crippen molar-refractivity contribution in [2.75, 3.05) is 7.11 Å². The molecule has 2 aromatic heterocycles. The van der Waals surface area contributed by atoms with Crippen LogP contribution in [0.1, 0.15) is 39.9 Å². The molecule has 0 saturated heterocycles. The molecule has 2 aromatic carbocycles. The van der Waals surface area contributed by atoms with Crippen molar-refractivity contribution in [1.29, 1.82) is 0 Å². The minimum atomic E-state index is -1.02. The number of ketones is 1. The number of aromatic nitrogens is 1. The van der Waals surface area contributed by atoms with Crippen LogP contribution >= 0.6 is 0 Å². The predicted molar refractivity (Wildman–Crippen MR) is 130 cm³/mol. The smallest absolute Gasteiger partial charge is 0.307 e. The first kappa shape index (κ1) is 25.0. The van der Waals surface area contributed by atoms with E-state index in [1.807, 2.05) is 6.07 Å². The van der Waals surface area contributed by atoms with Gasteiger partial charge in [-0.25, -0.2) is 4.39 Å². The highest BCUT2D eigenvalue weighted by Crippen LogP contribution is 2.35. The van der Waals surface area contributed by atoms with Crippen LogP contribution < -0.4 is 10.5 Å². The lowest BCUT2D eigenvalue weighted by Gasteiger charge is -2.13. The average Bonchev–Trinajstić information content (AvgIpc) is 3.25. The largest absolute Gasteiger partial charge is 0.489 e. The summed E-state index contributed by atoms with van der Waals surface area (Å²) < 4.78 is 32.3. The zero-order chi connectivity index (χ0) is 25.8. The van der Waals surface area contributed by atoms with Crippen LogP contribution in [0.5, 0.6) is 5.75 Å². The van der Waals surface area contributed by atoms with Crippen LogP contribution in [0.2, 0.25) is 0 Å². The van der Waals surface area contributed by atoms with Crippen LogP contribution in [-0.2, 0) is 35.7 Å². The van der Waals surface area contributed by atoms with E-state index in [1.165, 1.54) is 19.2 Å². The number of halogens is 1. The third kappa shape index (κ3) is 5.27. The Kier molecular flexibility index (Phi) is 7.42. The fourth-order valence-corrected chi connectivity index (χ4v) is 3.98. The van der Waals surface area contributed by atoms with Crippen molar-refractivity contribution in [2.24, 2.45) is 5.73 Å². The van der Waals surface area contributed by atoms with Gasteiger partial charge in [-0.2, -0.15) is 0 Å². The van der Waals surface area contributed by atoms with Crippen LogP contribution in [-0.4, -0.2) is 29.0 Å². The van der Waals surface area contributed by atoms with Gasteiger partial charge in [-0.05, 0) is 42.8 Å². The molecule has 0 bridgehead atoms. The molecule has 0 saturated carbocycles. The van der Waals surface area contributed by atoms with Crippen molar-refractivity contribution < 1.29 is 33.0 Å². The van der Waals surface area contributed by atoms with Gasteiger partial charge in [-0.3, -0.25) is 14.6 Å². The summed E-state index contributed by atoms with van der Waals surface area (Å²) in [7, 11) is 1.55. The Morgan fingerprint density at radius 1 is 1.11 bits per heavy atom.